The molecule has 1 rings (SSSR count). The molecular formula is C10H15F3N4O. The van der Waals surface area contributed by atoms with Gasteiger partial charge in [0.2, 0.25) is 5.95 Å². The molecule has 18 heavy (non-hydrogen) atoms. The van der Waals surface area contributed by atoms with E-state index >= 15 is 0 Å². The topological polar surface area (TPSA) is 61.3 Å². The molecule has 1 aromatic rings. The molecule has 0 radical (unpaired) electrons. The highest BCUT2D eigenvalue weighted by molar-refractivity contribution is 5.44. The van der Waals surface area contributed by atoms with Crippen molar-refractivity contribution in [1.29, 1.82) is 0 Å². The van der Waals surface area contributed by atoms with Crippen molar-refractivity contribution in [2.75, 3.05) is 37.0 Å². The van der Waals surface area contributed by atoms with Crippen LogP contribution in [0.1, 0.15) is 5.69 Å². The summed E-state index contributed by atoms with van der Waals surface area (Å²) >= 11 is 0. The molecule has 2 N–H and O–H groups in total. The fourth-order valence-electron chi connectivity index (χ4n) is 1.44. The monoisotopic (exact) mass is 264 g/mol. The van der Waals surface area contributed by atoms with Crippen LogP contribution in [0, 0.1) is 6.92 Å². The SMILES string of the molecule is CNc1nc(C)cc(N(CCO)CC(F)(F)F)n1. The summed E-state index contributed by atoms with van der Waals surface area (Å²) < 4.78 is 37.2. The maximum absolute atomic E-state index is 12.4. The summed E-state index contributed by atoms with van der Waals surface area (Å²) in [6.45, 7) is -0.0168. The number of nitrogens with one attached hydrogen (secondary N) is 1. The Morgan fingerprint density at radius 2 is 2.06 bits per heavy atom. The van der Waals surface area contributed by atoms with E-state index in [1.54, 1.807) is 14.0 Å². The zero-order valence-electron chi connectivity index (χ0n) is 10.1. The Bertz CT molecular complexity index is 397. The molecule has 0 aliphatic rings. The molecular weight excluding hydrogens is 249 g/mol. The molecule has 5 nitrogen and oxygen atoms in total. The predicted octanol–water partition coefficient (Wildman–Crippen LogP) is 1.19. The Kier molecular flexibility index (Phi) is 4.71. The first-order valence-electron chi connectivity index (χ1n) is 5.31. The molecule has 0 aliphatic heterocycles. The molecule has 0 bridgehead atoms. The van der Waals surface area contributed by atoms with Crippen molar-refractivity contribution in [3.05, 3.63) is 11.8 Å². The van der Waals surface area contributed by atoms with Crippen molar-refractivity contribution in [3.8, 4) is 0 Å². The van der Waals surface area contributed by atoms with Gasteiger partial charge in [0, 0.05) is 25.4 Å². The van der Waals surface area contributed by atoms with Crippen molar-refractivity contribution in [3.63, 3.8) is 0 Å². The van der Waals surface area contributed by atoms with Crippen molar-refractivity contribution in [2.45, 2.75) is 13.1 Å². The van der Waals surface area contributed by atoms with Gasteiger partial charge in [-0.3, -0.25) is 0 Å². The number of nitrogens with zero attached hydrogens (tertiary/aromatic N) is 3. The zero-order valence-corrected chi connectivity index (χ0v) is 10.1. The van der Waals surface area contributed by atoms with Crippen molar-refractivity contribution in [2.24, 2.45) is 0 Å². The molecule has 0 fully saturated rings. The van der Waals surface area contributed by atoms with Crippen LogP contribution in [0.3, 0.4) is 0 Å². The van der Waals surface area contributed by atoms with Gasteiger partial charge in [-0.2, -0.15) is 18.2 Å². The van der Waals surface area contributed by atoms with Crippen LogP contribution in [0.4, 0.5) is 24.9 Å². The van der Waals surface area contributed by atoms with Gasteiger partial charge >= 0.3 is 6.18 Å². The highest BCUT2D eigenvalue weighted by Gasteiger charge is 2.31. The third-order valence-corrected chi connectivity index (χ3v) is 2.13. The Morgan fingerprint density at radius 3 is 2.56 bits per heavy atom. The molecule has 0 saturated heterocycles. The molecule has 0 amide bonds. The number of hydrogen-bond donors (Lipinski definition) is 2. The number of alkyl halides is 3. The number of aliphatic hydroxyl groups excluding tert-OH is 1. The van der Waals surface area contributed by atoms with Gasteiger partial charge in [-0.15, -0.1) is 0 Å². The molecule has 8 heteroatoms. The summed E-state index contributed by atoms with van der Waals surface area (Å²) in [5, 5.41) is 11.5. The van der Waals surface area contributed by atoms with E-state index in [-0.39, 0.29) is 24.9 Å². The Balaban J connectivity index is 3.01. The summed E-state index contributed by atoms with van der Waals surface area (Å²) in [6.07, 6.45) is -4.35. The molecule has 0 spiro atoms. The normalized spacial score (nSPS) is 11.4. The third kappa shape index (κ3) is 4.36. The highest BCUT2D eigenvalue weighted by Crippen LogP contribution is 2.21. The summed E-state index contributed by atoms with van der Waals surface area (Å²) in [5.41, 5.74) is 0.550. The number of halogens is 3. The lowest BCUT2D eigenvalue weighted by Crippen LogP contribution is -2.37. The zero-order chi connectivity index (χ0) is 13.8. The van der Waals surface area contributed by atoms with E-state index in [1.807, 2.05) is 0 Å². The molecule has 102 valence electrons. The summed E-state index contributed by atoms with van der Waals surface area (Å²) in [5.74, 6) is 0.383. The standard InChI is InChI=1S/C10H15F3N4O/c1-7-5-8(16-9(14-2)15-7)17(3-4-18)6-10(11,12)13/h5,18H,3-4,6H2,1-2H3,(H,14,15,16). The van der Waals surface area contributed by atoms with E-state index in [4.69, 9.17) is 5.11 Å². The van der Waals surface area contributed by atoms with Crippen LogP contribution in [-0.4, -0.2) is 48.0 Å². The minimum Gasteiger partial charge on any atom is -0.395 e. The molecule has 1 aromatic heterocycles. The fraction of sp³-hybridized carbons (Fsp3) is 0.600. The van der Waals surface area contributed by atoms with Crippen LogP contribution >= 0.6 is 0 Å². The van der Waals surface area contributed by atoms with E-state index in [0.29, 0.717) is 5.69 Å². The van der Waals surface area contributed by atoms with E-state index in [0.717, 1.165) is 4.90 Å². The van der Waals surface area contributed by atoms with Crippen LogP contribution in [0.15, 0.2) is 6.07 Å². The molecule has 0 unspecified atom stereocenters. The lowest BCUT2D eigenvalue weighted by atomic mass is 10.3. The average molecular weight is 264 g/mol. The highest BCUT2D eigenvalue weighted by atomic mass is 19.4. The molecule has 0 atom stereocenters. The number of aryl methyl sites for hydroxylation is 1. The number of anilines is 2. The summed E-state index contributed by atoms with van der Waals surface area (Å²) in [4.78, 5) is 8.91. The first-order valence-corrected chi connectivity index (χ1v) is 5.31. The second-order valence-electron chi connectivity index (χ2n) is 3.70. The lowest BCUT2D eigenvalue weighted by Gasteiger charge is -2.24. The van der Waals surface area contributed by atoms with E-state index in [9.17, 15) is 13.2 Å². The predicted molar refractivity (Wildman–Crippen MR) is 61.7 cm³/mol. The third-order valence-electron chi connectivity index (χ3n) is 2.13. The summed E-state index contributed by atoms with van der Waals surface area (Å²) in [7, 11) is 1.58. The van der Waals surface area contributed by atoms with Crippen LogP contribution in [0.25, 0.3) is 0 Å². The quantitative estimate of drug-likeness (QED) is 0.836. The van der Waals surface area contributed by atoms with Crippen LogP contribution in [0.2, 0.25) is 0 Å². The van der Waals surface area contributed by atoms with Gasteiger partial charge in [-0.1, -0.05) is 0 Å². The average Bonchev–Trinajstić information content (AvgIpc) is 2.26. The first kappa shape index (κ1) is 14.5. The minimum absolute atomic E-state index is 0.137. The number of aromatic nitrogens is 2. The maximum Gasteiger partial charge on any atom is 0.405 e. The Morgan fingerprint density at radius 1 is 1.39 bits per heavy atom. The maximum atomic E-state index is 12.4. The molecule has 0 saturated carbocycles. The van der Waals surface area contributed by atoms with E-state index in [2.05, 4.69) is 15.3 Å². The summed E-state index contributed by atoms with van der Waals surface area (Å²) in [6, 6.07) is 1.45. The van der Waals surface area contributed by atoms with E-state index < -0.39 is 12.7 Å². The second-order valence-corrected chi connectivity index (χ2v) is 3.70. The first-order chi connectivity index (χ1) is 8.35. The smallest absolute Gasteiger partial charge is 0.395 e. The van der Waals surface area contributed by atoms with Gasteiger partial charge < -0.3 is 15.3 Å². The van der Waals surface area contributed by atoms with Crippen LogP contribution < -0.4 is 10.2 Å². The van der Waals surface area contributed by atoms with Gasteiger partial charge in [0.25, 0.3) is 0 Å². The van der Waals surface area contributed by atoms with Crippen LogP contribution in [-0.2, 0) is 0 Å². The van der Waals surface area contributed by atoms with Crippen LogP contribution in [0.5, 0.6) is 0 Å². The van der Waals surface area contributed by atoms with Gasteiger partial charge in [-0.25, -0.2) is 4.98 Å². The van der Waals surface area contributed by atoms with Gasteiger partial charge in [0.1, 0.15) is 12.4 Å². The van der Waals surface area contributed by atoms with Gasteiger partial charge in [0.05, 0.1) is 6.61 Å². The minimum atomic E-state index is -4.35. The molecule has 0 aliphatic carbocycles. The van der Waals surface area contributed by atoms with Gasteiger partial charge in [-0.05, 0) is 6.92 Å². The number of hydrogen-bond acceptors (Lipinski definition) is 5. The largest absolute Gasteiger partial charge is 0.405 e. The molecule has 1 heterocycles. The van der Waals surface area contributed by atoms with Crippen molar-refractivity contribution >= 4 is 11.8 Å². The molecule has 0 aromatic carbocycles. The second kappa shape index (κ2) is 5.85. The Labute approximate surface area is 103 Å². The number of aliphatic hydroxyl groups is 1. The van der Waals surface area contributed by atoms with Crippen molar-refractivity contribution < 1.29 is 18.3 Å². The number of rotatable bonds is 5. The Hall–Kier alpha value is -1.57. The van der Waals surface area contributed by atoms with E-state index in [1.165, 1.54) is 6.07 Å². The fourth-order valence-corrected chi connectivity index (χ4v) is 1.44. The lowest BCUT2D eigenvalue weighted by molar-refractivity contribution is -0.120. The van der Waals surface area contributed by atoms with Gasteiger partial charge in [0.15, 0.2) is 0 Å². The van der Waals surface area contributed by atoms with Crippen molar-refractivity contribution in [1.82, 2.24) is 9.97 Å².